The molecule has 8 heteroatoms. The summed E-state index contributed by atoms with van der Waals surface area (Å²) < 4.78 is 5.90. The van der Waals surface area contributed by atoms with E-state index in [1.54, 1.807) is 41.2 Å². The van der Waals surface area contributed by atoms with Gasteiger partial charge >= 0.3 is 0 Å². The first kappa shape index (κ1) is 19.4. The molecular weight excluding hydrogens is 412 g/mol. The first-order chi connectivity index (χ1) is 12.9. The molecule has 7 nitrogen and oxygen atoms in total. The molecule has 0 aliphatic carbocycles. The topological polar surface area (TPSA) is 78.5 Å². The fraction of sp³-hybridized carbons (Fsp3) is 0.421. The number of aromatic nitrogens is 2. The molecule has 1 fully saturated rings. The average Bonchev–Trinajstić information content (AvgIpc) is 3.08. The molecule has 0 bridgehead atoms. The lowest BCUT2D eigenvalue weighted by Crippen LogP contribution is -2.50. The summed E-state index contributed by atoms with van der Waals surface area (Å²) in [5, 5.41) is 7.11. The Hall–Kier alpha value is -2.35. The first-order valence-corrected chi connectivity index (χ1v) is 9.68. The Bertz CT molecular complexity index is 841. The van der Waals surface area contributed by atoms with Crippen molar-refractivity contribution in [3.63, 3.8) is 0 Å². The summed E-state index contributed by atoms with van der Waals surface area (Å²) in [7, 11) is 1.58. The van der Waals surface area contributed by atoms with Crippen molar-refractivity contribution in [1.29, 1.82) is 0 Å². The van der Waals surface area contributed by atoms with E-state index in [1.165, 1.54) is 0 Å². The highest BCUT2D eigenvalue weighted by Crippen LogP contribution is 2.26. The van der Waals surface area contributed by atoms with E-state index in [9.17, 15) is 9.59 Å². The summed E-state index contributed by atoms with van der Waals surface area (Å²) >= 11 is 3.48. The quantitative estimate of drug-likeness (QED) is 0.801. The zero-order valence-electron chi connectivity index (χ0n) is 15.7. The van der Waals surface area contributed by atoms with Crippen molar-refractivity contribution in [3.8, 4) is 5.75 Å². The van der Waals surface area contributed by atoms with Crippen LogP contribution in [0.15, 0.2) is 28.7 Å². The zero-order chi connectivity index (χ0) is 19.6. The fourth-order valence-corrected chi connectivity index (χ4v) is 3.87. The van der Waals surface area contributed by atoms with Crippen LogP contribution in [0.2, 0.25) is 0 Å². The second-order valence-corrected chi connectivity index (χ2v) is 7.56. The third-order valence-electron chi connectivity index (χ3n) is 4.68. The molecule has 0 radical (unpaired) electrons. The molecule has 1 N–H and O–H groups in total. The number of hydrogen-bond donors (Lipinski definition) is 1. The number of halogens is 1. The second kappa shape index (κ2) is 8.12. The largest absolute Gasteiger partial charge is 0.497 e. The summed E-state index contributed by atoms with van der Waals surface area (Å²) in [4.78, 5) is 29.0. The number of ether oxygens (including phenoxy) is 1. The van der Waals surface area contributed by atoms with Crippen LogP contribution in [0, 0.1) is 0 Å². The van der Waals surface area contributed by atoms with Gasteiger partial charge in [-0.1, -0.05) is 19.9 Å². The van der Waals surface area contributed by atoms with E-state index in [1.807, 2.05) is 13.8 Å². The van der Waals surface area contributed by atoms with Gasteiger partial charge in [-0.15, -0.1) is 0 Å². The predicted octanol–water partition coefficient (Wildman–Crippen LogP) is 2.90. The summed E-state index contributed by atoms with van der Waals surface area (Å²) in [6.45, 7) is 6.00. The van der Waals surface area contributed by atoms with E-state index in [-0.39, 0.29) is 17.7 Å². The summed E-state index contributed by atoms with van der Waals surface area (Å²) in [6.07, 6.45) is 0. The average molecular weight is 435 g/mol. The Balaban J connectivity index is 1.64. The van der Waals surface area contributed by atoms with Crippen molar-refractivity contribution in [2.45, 2.75) is 19.8 Å². The highest BCUT2D eigenvalue weighted by molar-refractivity contribution is 9.10. The first-order valence-electron chi connectivity index (χ1n) is 8.88. The normalized spacial score (nSPS) is 14.6. The van der Waals surface area contributed by atoms with Gasteiger partial charge < -0.3 is 14.5 Å². The maximum Gasteiger partial charge on any atom is 0.275 e. The van der Waals surface area contributed by atoms with Crippen LogP contribution in [0.4, 0.5) is 0 Å². The molecule has 144 valence electrons. The number of amides is 2. The van der Waals surface area contributed by atoms with Crippen LogP contribution in [0.25, 0.3) is 0 Å². The third-order valence-corrected chi connectivity index (χ3v) is 5.49. The van der Waals surface area contributed by atoms with Crippen molar-refractivity contribution in [2.24, 2.45) is 0 Å². The molecule has 1 saturated heterocycles. The van der Waals surface area contributed by atoms with Gasteiger partial charge in [-0.2, -0.15) is 5.10 Å². The Morgan fingerprint density at radius 1 is 1.15 bits per heavy atom. The monoisotopic (exact) mass is 434 g/mol. The highest BCUT2D eigenvalue weighted by atomic mass is 79.9. The second-order valence-electron chi connectivity index (χ2n) is 6.77. The van der Waals surface area contributed by atoms with Gasteiger partial charge in [0, 0.05) is 31.7 Å². The maximum absolute atomic E-state index is 12.8. The number of aromatic amines is 1. The van der Waals surface area contributed by atoms with Gasteiger partial charge in [0.2, 0.25) is 0 Å². The number of hydrogen-bond acceptors (Lipinski definition) is 4. The van der Waals surface area contributed by atoms with E-state index in [2.05, 4.69) is 26.1 Å². The Morgan fingerprint density at radius 3 is 2.33 bits per heavy atom. The smallest absolute Gasteiger partial charge is 0.275 e. The van der Waals surface area contributed by atoms with Gasteiger partial charge in [-0.3, -0.25) is 14.7 Å². The molecule has 27 heavy (non-hydrogen) atoms. The van der Waals surface area contributed by atoms with E-state index in [4.69, 9.17) is 4.74 Å². The van der Waals surface area contributed by atoms with Crippen LogP contribution in [0.5, 0.6) is 5.75 Å². The van der Waals surface area contributed by atoms with Crippen LogP contribution < -0.4 is 4.74 Å². The number of rotatable bonds is 4. The molecule has 1 aliphatic rings. The molecule has 1 aromatic heterocycles. The molecule has 3 rings (SSSR count). The van der Waals surface area contributed by atoms with Crippen molar-refractivity contribution >= 4 is 27.7 Å². The zero-order valence-corrected chi connectivity index (χ0v) is 17.2. The molecule has 2 heterocycles. The number of methoxy groups -OCH3 is 1. The Morgan fingerprint density at radius 2 is 1.78 bits per heavy atom. The van der Waals surface area contributed by atoms with Crippen molar-refractivity contribution < 1.29 is 14.3 Å². The molecule has 0 atom stereocenters. The minimum Gasteiger partial charge on any atom is -0.497 e. The van der Waals surface area contributed by atoms with Gasteiger partial charge in [0.15, 0.2) is 5.69 Å². The molecule has 2 aromatic rings. The third kappa shape index (κ3) is 4.00. The highest BCUT2D eigenvalue weighted by Gasteiger charge is 2.29. The molecule has 0 unspecified atom stereocenters. The van der Waals surface area contributed by atoms with Crippen LogP contribution in [0.3, 0.4) is 0 Å². The van der Waals surface area contributed by atoms with Gasteiger partial charge in [-0.25, -0.2) is 0 Å². The lowest BCUT2D eigenvalue weighted by molar-refractivity contribution is 0.0531. The number of nitrogens with one attached hydrogen (secondary N) is 1. The molecule has 2 amide bonds. The van der Waals surface area contributed by atoms with Crippen LogP contribution in [-0.2, 0) is 0 Å². The molecule has 1 aliphatic heterocycles. The number of piperazine rings is 1. The molecule has 0 spiro atoms. The minimum absolute atomic E-state index is 0.0518. The van der Waals surface area contributed by atoms with Gasteiger partial charge in [-0.05, 0) is 40.0 Å². The van der Waals surface area contributed by atoms with E-state index in [0.717, 1.165) is 10.2 Å². The van der Waals surface area contributed by atoms with E-state index < -0.39 is 0 Å². The van der Waals surface area contributed by atoms with Crippen molar-refractivity contribution in [3.05, 3.63) is 45.7 Å². The summed E-state index contributed by atoms with van der Waals surface area (Å²) in [6, 6.07) is 7.11. The summed E-state index contributed by atoms with van der Waals surface area (Å²) in [5.74, 6) is 0.715. The Kier molecular flexibility index (Phi) is 5.84. The number of carbonyl (C=O) groups excluding carboxylic acids is 2. The Labute approximate surface area is 166 Å². The number of nitrogens with zero attached hydrogens (tertiary/aromatic N) is 3. The van der Waals surface area contributed by atoms with Gasteiger partial charge in [0.1, 0.15) is 5.75 Å². The lowest BCUT2D eigenvalue weighted by atomic mass is 10.1. The standard InChI is InChI=1S/C19H23BrN4O3/c1-12(2)16-15(20)17(22-21-16)19(26)24-9-7-23(8-10-24)18(25)13-5-4-6-14(11-13)27-3/h4-6,11-12H,7-10H2,1-3H3,(H,21,22). The van der Waals surface area contributed by atoms with Gasteiger partial charge in [0.25, 0.3) is 11.8 Å². The number of H-pyrrole nitrogens is 1. The van der Waals surface area contributed by atoms with Crippen LogP contribution in [0.1, 0.15) is 46.3 Å². The SMILES string of the molecule is COc1cccc(C(=O)N2CCN(C(=O)c3n[nH]c(C(C)C)c3Br)CC2)c1. The van der Waals surface area contributed by atoms with Crippen LogP contribution in [-0.4, -0.2) is 65.1 Å². The molecule has 1 aromatic carbocycles. The van der Waals surface area contributed by atoms with Gasteiger partial charge in [0.05, 0.1) is 17.3 Å². The van der Waals surface area contributed by atoms with Crippen molar-refractivity contribution in [1.82, 2.24) is 20.0 Å². The molecule has 0 saturated carbocycles. The van der Waals surface area contributed by atoms with Crippen LogP contribution >= 0.6 is 15.9 Å². The van der Waals surface area contributed by atoms with Crippen molar-refractivity contribution in [2.75, 3.05) is 33.3 Å². The minimum atomic E-state index is -0.126. The maximum atomic E-state index is 12.8. The number of carbonyl (C=O) groups is 2. The number of benzene rings is 1. The van der Waals surface area contributed by atoms with E-state index in [0.29, 0.717) is 43.2 Å². The molecular formula is C19H23BrN4O3. The lowest BCUT2D eigenvalue weighted by Gasteiger charge is -2.34. The van der Waals surface area contributed by atoms with E-state index >= 15 is 0 Å². The summed E-state index contributed by atoms with van der Waals surface area (Å²) in [5.41, 5.74) is 1.89. The fourth-order valence-electron chi connectivity index (χ4n) is 3.07. The predicted molar refractivity (Wildman–Crippen MR) is 105 cm³/mol.